The van der Waals surface area contributed by atoms with Gasteiger partial charge in [0.25, 0.3) is 0 Å². The Morgan fingerprint density at radius 3 is 2.80 bits per heavy atom. The van der Waals surface area contributed by atoms with Gasteiger partial charge in [0.1, 0.15) is 5.82 Å². The highest BCUT2D eigenvalue weighted by Crippen LogP contribution is 2.38. The average Bonchev–Trinajstić information content (AvgIpc) is 3.07. The van der Waals surface area contributed by atoms with Crippen LogP contribution in [0.1, 0.15) is 48.2 Å². The largest absolute Gasteiger partial charge is 0.381 e. The zero-order chi connectivity index (χ0) is 20.8. The Kier molecular flexibility index (Phi) is 4.91. The van der Waals surface area contributed by atoms with Gasteiger partial charge in [-0.25, -0.2) is 9.97 Å². The number of nitrogens with one attached hydrogen (secondary N) is 1. The lowest BCUT2D eigenvalue weighted by molar-refractivity contribution is -0.120. The standard InChI is InChI=1S/C22H25N5O2S/c1-12-9-20(28)27(15-4-6-29-7-5-15)21-16(12)11-23-22(26-21)25-17-10-19-18(8-13(17)2)24-14(3)30-19/h8,10-12,15H,4-7,9H2,1-3H3,(H,23,25,26). The number of carbonyl (C=O) groups is 1. The van der Waals surface area contributed by atoms with Crippen molar-refractivity contribution in [3.8, 4) is 0 Å². The molecule has 1 fully saturated rings. The van der Waals surface area contributed by atoms with Gasteiger partial charge >= 0.3 is 0 Å². The van der Waals surface area contributed by atoms with Crippen LogP contribution >= 0.6 is 11.3 Å². The molecule has 3 aromatic rings. The molecule has 0 saturated carbocycles. The molecule has 1 N–H and O–H groups in total. The number of ether oxygens (including phenoxy) is 1. The van der Waals surface area contributed by atoms with Crippen LogP contribution in [0, 0.1) is 13.8 Å². The van der Waals surface area contributed by atoms with Gasteiger partial charge in [0.05, 0.1) is 15.2 Å². The van der Waals surface area contributed by atoms with Crippen molar-refractivity contribution < 1.29 is 9.53 Å². The van der Waals surface area contributed by atoms with E-state index >= 15 is 0 Å². The number of benzene rings is 1. The monoisotopic (exact) mass is 423 g/mol. The number of hydrogen-bond acceptors (Lipinski definition) is 7. The number of aryl methyl sites for hydroxylation is 2. The summed E-state index contributed by atoms with van der Waals surface area (Å²) in [7, 11) is 0. The highest BCUT2D eigenvalue weighted by molar-refractivity contribution is 7.18. The third kappa shape index (κ3) is 3.44. The molecule has 1 unspecified atom stereocenters. The molecule has 1 aromatic carbocycles. The van der Waals surface area contributed by atoms with E-state index in [-0.39, 0.29) is 17.9 Å². The number of thiazole rings is 1. The summed E-state index contributed by atoms with van der Waals surface area (Å²) in [6, 6.07) is 4.32. The van der Waals surface area contributed by atoms with Gasteiger partial charge < -0.3 is 10.1 Å². The third-order valence-electron chi connectivity index (χ3n) is 5.95. The lowest BCUT2D eigenvalue weighted by atomic mass is 9.92. The van der Waals surface area contributed by atoms with E-state index in [0.717, 1.165) is 50.7 Å². The molecule has 1 saturated heterocycles. The number of nitrogens with zero attached hydrogens (tertiary/aromatic N) is 4. The zero-order valence-electron chi connectivity index (χ0n) is 17.4. The molecule has 0 radical (unpaired) electrons. The number of aromatic nitrogens is 3. The maximum Gasteiger partial charge on any atom is 0.229 e. The van der Waals surface area contributed by atoms with Crippen LogP contribution in [0.25, 0.3) is 10.2 Å². The van der Waals surface area contributed by atoms with E-state index in [2.05, 4.69) is 41.3 Å². The van der Waals surface area contributed by atoms with Gasteiger partial charge in [0.2, 0.25) is 11.9 Å². The number of amides is 1. The van der Waals surface area contributed by atoms with Gasteiger partial charge in [-0.3, -0.25) is 9.69 Å². The first-order chi connectivity index (χ1) is 14.5. The fraction of sp³-hybridized carbons (Fsp3) is 0.455. The van der Waals surface area contributed by atoms with Crippen molar-refractivity contribution in [2.75, 3.05) is 23.4 Å². The fourth-order valence-electron chi connectivity index (χ4n) is 4.34. The van der Waals surface area contributed by atoms with Gasteiger partial charge in [-0.15, -0.1) is 11.3 Å². The maximum absolute atomic E-state index is 12.9. The van der Waals surface area contributed by atoms with Crippen molar-refractivity contribution in [2.45, 2.75) is 52.0 Å². The Bertz CT molecular complexity index is 1120. The summed E-state index contributed by atoms with van der Waals surface area (Å²) in [4.78, 5) is 28.8. The lowest BCUT2D eigenvalue weighted by Gasteiger charge is -2.38. The van der Waals surface area contributed by atoms with Crippen molar-refractivity contribution in [1.29, 1.82) is 0 Å². The van der Waals surface area contributed by atoms with Gasteiger partial charge in [-0.1, -0.05) is 6.92 Å². The quantitative estimate of drug-likeness (QED) is 0.670. The number of fused-ring (bicyclic) bond motifs is 2. The Morgan fingerprint density at radius 2 is 2.00 bits per heavy atom. The third-order valence-corrected chi connectivity index (χ3v) is 6.88. The molecule has 0 aliphatic carbocycles. The molecule has 30 heavy (non-hydrogen) atoms. The Hall–Kier alpha value is -2.58. The SMILES string of the molecule is Cc1nc2cc(C)c(Nc3ncc4c(n3)N(C3CCOCC3)C(=O)CC4C)cc2s1. The van der Waals surface area contributed by atoms with Crippen LogP contribution in [0.2, 0.25) is 0 Å². The molecule has 0 spiro atoms. The molecule has 0 bridgehead atoms. The number of hydrogen-bond donors (Lipinski definition) is 1. The van der Waals surface area contributed by atoms with Crippen LogP contribution in [0.5, 0.6) is 0 Å². The van der Waals surface area contributed by atoms with E-state index in [4.69, 9.17) is 9.72 Å². The smallest absolute Gasteiger partial charge is 0.229 e. The van der Waals surface area contributed by atoms with Crippen LogP contribution in [0.15, 0.2) is 18.3 Å². The summed E-state index contributed by atoms with van der Waals surface area (Å²) in [6.07, 6.45) is 4.06. The first kappa shape index (κ1) is 19.4. The van der Waals surface area contributed by atoms with Crippen LogP contribution in [0.3, 0.4) is 0 Å². The molecule has 7 nitrogen and oxygen atoms in total. The van der Waals surface area contributed by atoms with Crippen molar-refractivity contribution in [3.63, 3.8) is 0 Å². The predicted molar refractivity (Wildman–Crippen MR) is 119 cm³/mol. The second kappa shape index (κ2) is 7.59. The molecule has 156 valence electrons. The summed E-state index contributed by atoms with van der Waals surface area (Å²) in [5.74, 6) is 1.52. The maximum atomic E-state index is 12.9. The van der Waals surface area contributed by atoms with Crippen LogP contribution in [-0.4, -0.2) is 40.1 Å². The molecule has 1 amide bonds. The van der Waals surface area contributed by atoms with E-state index in [1.54, 1.807) is 11.3 Å². The van der Waals surface area contributed by atoms with Crippen LogP contribution < -0.4 is 10.2 Å². The minimum Gasteiger partial charge on any atom is -0.381 e. The highest BCUT2D eigenvalue weighted by Gasteiger charge is 2.36. The summed E-state index contributed by atoms with van der Waals surface area (Å²) in [6.45, 7) is 7.50. The van der Waals surface area contributed by atoms with Gasteiger partial charge in [0, 0.05) is 43.1 Å². The van der Waals surface area contributed by atoms with Crippen LogP contribution in [0.4, 0.5) is 17.5 Å². The highest BCUT2D eigenvalue weighted by atomic mass is 32.1. The summed E-state index contributed by atoms with van der Waals surface area (Å²) >= 11 is 1.67. The summed E-state index contributed by atoms with van der Waals surface area (Å²) in [5, 5.41) is 4.42. The Balaban J connectivity index is 1.51. The zero-order valence-corrected chi connectivity index (χ0v) is 18.3. The molecule has 2 aromatic heterocycles. The van der Waals surface area contributed by atoms with E-state index in [0.29, 0.717) is 25.6 Å². The fourth-order valence-corrected chi connectivity index (χ4v) is 5.19. The molecule has 5 rings (SSSR count). The molecule has 8 heteroatoms. The molecule has 1 atom stereocenters. The van der Waals surface area contributed by atoms with E-state index < -0.39 is 0 Å². The summed E-state index contributed by atoms with van der Waals surface area (Å²) in [5.41, 5.74) is 4.09. The average molecular weight is 424 g/mol. The Morgan fingerprint density at radius 1 is 1.20 bits per heavy atom. The van der Waals surface area contributed by atoms with Crippen molar-refractivity contribution >= 4 is 44.9 Å². The number of carbonyl (C=O) groups excluding carboxylic acids is 1. The minimum atomic E-state index is 0.121. The first-order valence-electron chi connectivity index (χ1n) is 10.4. The molecular weight excluding hydrogens is 398 g/mol. The normalized spacial score (nSPS) is 19.9. The van der Waals surface area contributed by atoms with E-state index in [9.17, 15) is 4.79 Å². The Labute approximate surface area is 179 Å². The van der Waals surface area contributed by atoms with Gasteiger partial charge in [-0.05, 0) is 50.3 Å². The second-order valence-corrected chi connectivity index (χ2v) is 9.41. The van der Waals surface area contributed by atoms with E-state index in [1.165, 1.54) is 0 Å². The minimum absolute atomic E-state index is 0.121. The molecule has 4 heterocycles. The van der Waals surface area contributed by atoms with Crippen LogP contribution in [-0.2, 0) is 9.53 Å². The molecule has 2 aliphatic rings. The van der Waals surface area contributed by atoms with Crippen molar-refractivity contribution in [3.05, 3.63) is 34.5 Å². The number of rotatable bonds is 3. The topological polar surface area (TPSA) is 80.2 Å². The molecular formula is C22H25N5O2S. The molecule has 2 aliphatic heterocycles. The predicted octanol–water partition coefficient (Wildman–Crippen LogP) is 4.47. The van der Waals surface area contributed by atoms with Crippen molar-refractivity contribution in [1.82, 2.24) is 15.0 Å². The number of anilines is 3. The van der Waals surface area contributed by atoms with E-state index in [1.807, 2.05) is 18.0 Å². The summed E-state index contributed by atoms with van der Waals surface area (Å²) < 4.78 is 6.63. The first-order valence-corrected chi connectivity index (χ1v) is 11.2. The van der Waals surface area contributed by atoms with Gasteiger partial charge in [-0.2, -0.15) is 4.98 Å². The lowest BCUT2D eigenvalue weighted by Crippen LogP contribution is -2.47. The second-order valence-electron chi connectivity index (χ2n) is 8.18. The van der Waals surface area contributed by atoms with Crippen molar-refractivity contribution in [2.24, 2.45) is 0 Å². The van der Waals surface area contributed by atoms with Gasteiger partial charge in [0.15, 0.2) is 0 Å².